The Hall–Kier alpha value is -1.85. The highest BCUT2D eigenvalue weighted by Crippen LogP contribution is 2.18. The molecule has 0 aromatic carbocycles. The molecule has 1 amide bonds. The van der Waals surface area contributed by atoms with E-state index in [-0.39, 0.29) is 22.6 Å². The quantitative estimate of drug-likeness (QED) is 0.480. The zero-order chi connectivity index (χ0) is 20.6. The third-order valence-corrected chi connectivity index (χ3v) is 7.39. The van der Waals surface area contributed by atoms with Crippen LogP contribution < -0.4 is 5.32 Å². The lowest BCUT2D eigenvalue weighted by Gasteiger charge is -2.36. The number of aliphatic hydroxyl groups is 1. The summed E-state index contributed by atoms with van der Waals surface area (Å²) in [5.74, 6) is 0.228. The first kappa shape index (κ1) is 22.4. The molecule has 2 heterocycles. The van der Waals surface area contributed by atoms with E-state index in [0.717, 1.165) is 11.3 Å². The van der Waals surface area contributed by atoms with Crippen molar-refractivity contribution < 1.29 is 23.1 Å². The zero-order valence-electron chi connectivity index (χ0n) is 16.2. The fourth-order valence-corrected chi connectivity index (χ4v) is 5.23. The number of ether oxygens (including phenoxy) is 1. The van der Waals surface area contributed by atoms with Gasteiger partial charge in [0, 0.05) is 32.7 Å². The van der Waals surface area contributed by atoms with E-state index < -0.39 is 15.9 Å². The maximum Gasteiger partial charge on any atom is 0.409 e. The Morgan fingerprint density at radius 2 is 2.00 bits per heavy atom. The van der Waals surface area contributed by atoms with Crippen molar-refractivity contribution in [2.45, 2.75) is 24.2 Å². The summed E-state index contributed by atoms with van der Waals surface area (Å²) in [4.78, 5) is 19.8. The van der Waals surface area contributed by atoms with Gasteiger partial charge >= 0.3 is 6.09 Å². The van der Waals surface area contributed by atoms with Crippen LogP contribution in [0.15, 0.2) is 26.7 Å². The second-order valence-corrected chi connectivity index (χ2v) is 9.44. The van der Waals surface area contributed by atoms with Gasteiger partial charge in [0.2, 0.25) is 0 Å². The summed E-state index contributed by atoms with van der Waals surface area (Å²) in [5, 5.41) is 15.0. The summed E-state index contributed by atoms with van der Waals surface area (Å²) in [6.45, 7) is 6.84. The third kappa shape index (κ3) is 6.35. The predicted octanol–water partition coefficient (Wildman–Crippen LogP) is 0.622. The van der Waals surface area contributed by atoms with Crippen molar-refractivity contribution in [1.29, 1.82) is 0 Å². The monoisotopic (exact) mass is 432 g/mol. The number of rotatable bonds is 7. The summed E-state index contributed by atoms with van der Waals surface area (Å²) < 4.78 is 29.8. The number of nitrogens with one attached hydrogen (secondary N) is 1. The molecule has 1 aliphatic rings. The Bertz CT molecular complexity index is 744. The Morgan fingerprint density at radius 3 is 2.57 bits per heavy atom. The van der Waals surface area contributed by atoms with Crippen LogP contribution in [0.5, 0.6) is 0 Å². The molecule has 1 aliphatic heterocycles. The predicted molar refractivity (Wildman–Crippen MR) is 109 cm³/mol. The maximum absolute atomic E-state index is 12.3. The van der Waals surface area contributed by atoms with Crippen molar-refractivity contribution >= 4 is 33.2 Å². The first-order chi connectivity index (χ1) is 13.4. The minimum atomic E-state index is -3.52. The largest absolute Gasteiger partial charge is 0.450 e. The van der Waals surface area contributed by atoms with Crippen molar-refractivity contribution in [1.82, 2.24) is 15.1 Å². The topological polar surface area (TPSA) is 112 Å². The normalized spacial score (nSPS) is 16.8. The van der Waals surface area contributed by atoms with Gasteiger partial charge in [0.15, 0.2) is 15.8 Å². The van der Waals surface area contributed by atoms with Crippen LogP contribution in [0.25, 0.3) is 0 Å². The summed E-state index contributed by atoms with van der Waals surface area (Å²) in [6.07, 6.45) is -1.42. The first-order valence-electron chi connectivity index (χ1n) is 9.26. The van der Waals surface area contributed by atoms with Crippen LogP contribution in [-0.4, -0.2) is 93.1 Å². The lowest BCUT2D eigenvalue weighted by atomic mass is 10.3. The molecular formula is C17H28N4O5S2. The number of hydrogen-bond acceptors (Lipinski definition) is 7. The molecule has 0 saturated carbocycles. The molecule has 9 nitrogen and oxygen atoms in total. The van der Waals surface area contributed by atoms with Gasteiger partial charge in [-0.25, -0.2) is 13.2 Å². The average molecular weight is 433 g/mol. The molecule has 158 valence electrons. The van der Waals surface area contributed by atoms with Gasteiger partial charge in [-0.3, -0.25) is 4.99 Å². The van der Waals surface area contributed by atoms with Crippen LogP contribution in [0.4, 0.5) is 4.79 Å². The maximum atomic E-state index is 12.3. The highest BCUT2D eigenvalue weighted by molar-refractivity contribution is 7.93. The highest BCUT2D eigenvalue weighted by atomic mass is 32.2. The Morgan fingerprint density at radius 1 is 1.32 bits per heavy atom. The van der Waals surface area contributed by atoms with Gasteiger partial charge in [-0.05, 0) is 25.3 Å². The van der Waals surface area contributed by atoms with E-state index in [2.05, 4.69) is 10.3 Å². The molecule has 0 radical (unpaired) electrons. The molecule has 11 heteroatoms. The molecule has 0 spiro atoms. The van der Waals surface area contributed by atoms with E-state index in [4.69, 9.17) is 4.74 Å². The van der Waals surface area contributed by atoms with Crippen molar-refractivity contribution in [2.24, 2.45) is 4.99 Å². The summed E-state index contributed by atoms with van der Waals surface area (Å²) >= 11 is 1.14. The van der Waals surface area contributed by atoms with E-state index in [9.17, 15) is 18.3 Å². The number of sulfone groups is 1. The molecule has 2 rings (SSSR count). The average Bonchev–Trinajstić information content (AvgIpc) is 3.21. The lowest BCUT2D eigenvalue weighted by Crippen LogP contribution is -2.54. The van der Waals surface area contributed by atoms with Crippen molar-refractivity contribution in [3.05, 3.63) is 17.5 Å². The van der Waals surface area contributed by atoms with Gasteiger partial charge < -0.3 is 25.0 Å². The van der Waals surface area contributed by atoms with Gasteiger partial charge in [0.1, 0.15) is 4.21 Å². The zero-order valence-corrected chi connectivity index (χ0v) is 17.8. The molecule has 28 heavy (non-hydrogen) atoms. The van der Waals surface area contributed by atoms with Gasteiger partial charge in [-0.2, -0.15) is 0 Å². The summed E-state index contributed by atoms with van der Waals surface area (Å²) in [5.41, 5.74) is 0. The van der Waals surface area contributed by atoms with E-state index >= 15 is 0 Å². The second-order valence-electron chi connectivity index (χ2n) is 6.23. The van der Waals surface area contributed by atoms with Crippen LogP contribution in [0.2, 0.25) is 0 Å². The number of hydrogen-bond donors (Lipinski definition) is 2. The number of amides is 1. The molecular weight excluding hydrogens is 404 g/mol. The van der Waals surface area contributed by atoms with Crippen molar-refractivity contribution in [3.63, 3.8) is 0 Å². The smallest absolute Gasteiger partial charge is 0.409 e. The van der Waals surface area contributed by atoms with Crippen molar-refractivity contribution in [2.75, 3.05) is 51.6 Å². The van der Waals surface area contributed by atoms with Crippen LogP contribution in [0, 0.1) is 0 Å². The fourth-order valence-electron chi connectivity index (χ4n) is 2.76. The lowest BCUT2D eigenvalue weighted by molar-refractivity contribution is 0.0914. The fraction of sp³-hybridized carbons (Fsp3) is 0.647. The second kappa shape index (κ2) is 10.6. The number of carbonyl (C=O) groups excluding carboxylic acids is 1. The molecule has 0 aliphatic carbocycles. The number of piperazine rings is 1. The standard InChI is InChI=1S/C17H28N4O5S2/c1-3-18-16(20-7-9-21(10-8-20)17(23)26-4-2)19-12-14(22)13-28(24,25)15-6-5-11-27-15/h5-6,11,14,22H,3-4,7-10,12-13H2,1-2H3,(H,18,19). The molecule has 1 aromatic rings. The van der Waals surface area contributed by atoms with E-state index in [0.29, 0.717) is 45.3 Å². The summed E-state index contributed by atoms with van der Waals surface area (Å²) in [7, 11) is -3.52. The molecule has 1 aromatic heterocycles. The van der Waals surface area contributed by atoms with Gasteiger partial charge in [0.05, 0.1) is 25.0 Å². The Kier molecular flexibility index (Phi) is 8.52. The van der Waals surface area contributed by atoms with Gasteiger partial charge in [-0.1, -0.05) is 6.07 Å². The van der Waals surface area contributed by atoms with Crippen LogP contribution in [0.1, 0.15) is 13.8 Å². The molecule has 1 fully saturated rings. The number of thiophene rings is 1. The SMILES string of the molecule is CCNC(=NCC(O)CS(=O)(=O)c1cccs1)N1CCN(C(=O)OCC)CC1. The van der Waals surface area contributed by atoms with Crippen LogP contribution in [0.3, 0.4) is 0 Å². The minimum Gasteiger partial charge on any atom is -0.450 e. The highest BCUT2D eigenvalue weighted by Gasteiger charge is 2.25. The molecule has 2 N–H and O–H groups in total. The molecule has 1 atom stereocenters. The number of guanidine groups is 1. The van der Waals surface area contributed by atoms with Crippen molar-refractivity contribution in [3.8, 4) is 0 Å². The number of aliphatic imine (C=N–C) groups is 1. The number of carbonyl (C=O) groups is 1. The van der Waals surface area contributed by atoms with E-state index in [1.807, 2.05) is 11.8 Å². The molecule has 1 unspecified atom stereocenters. The van der Waals surface area contributed by atoms with E-state index in [1.165, 1.54) is 6.07 Å². The number of nitrogens with zero attached hydrogens (tertiary/aromatic N) is 3. The van der Waals surface area contributed by atoms with Gasteiger partial charge in [0.25, 0.3) is 0 Å². The minimum absolute atomic E-state index is 0.0228. The summed E-state index contributed by atoms with van der Waals surface area (Å²) in [6, 6.07) is 3.20. The van der Waals surface area contributed by atoms with Crippen LogP contribution >= 0.6 is 11.3 Å². The third-order valence-electron chi connectivity index (χ3n) is 4.11. The Labute approximate surface area is 169 Å². The van der Waals surface area contributed by atoms with Crippen LogP contribution in [-0.2, 0) is 14.6 Å². The molecule has 0 bridgehead atoms. The first-order valence-corrected chi connectivity index (χ1v) is 11.8. The molecule has 1 saturated heterocycles. The number of aliphatic hydroxyl groups excluding tert-OH is 1. The van der Waals surface area contributed by atoms with Gasteiger partial charge in [-0.15, -0.1) is 11.3 Å². The van der Waals surface area contributed by atoms with E-state index in [1.54, 1.807) is 23.3 Å². The Balaban J connectivity index is 1.92.